The minimum Gasteiger partial charge on any atom is -0.451 e. The van der Waals surface area contributed by atoms with E-state index in [1.54, 1.807) is 23.1 Å². The Morgan fingerprint density at radius 1 is 1.36 bits per heavy atom. The topological polar surface area (TPSA) is 93.6 Å². The summed E-state index contributed by atoms with van der Waals surface area (Å²) in [5.41, 5.74) is 7.04. The zero-order chi connectivity index (χ0) is 18.2. The highest BCUT2D eigenvalue weighted by Gasteiger charge is 2.34. The van der Waals surface area contributed by atoms with Crippen molar-refractivity contribution in [2.45, 2.75) is 44.0 Å². The molecule has 0 spiro atoms. The molecule has 6 nitrogen and oxygen atoms in total. The number of nitrogens with two attached hydrogens (primary N) is 1. The van der Waals surface area contributed by atoms with Crippen LogP contribution in [0.4, 0.5) is 0 Å². The van der Waals surface area contributed by atoms with Crippen molar-refractivity contribution >= 4 is 26.7 Å². The SMILES string of the molecule is C[C@H](N)[C@@H]1CCCCN1C(=O)c1oc2ccccc2c1CS(C)(=O)=O. The molecule has 136 valence electrons. The first-order valence-electron chi connectivity index (χ1n) is 8.52. The van der Waals surface area contributed by atoms with Crippen molar-refractivity contribution in [3.05, 3.63) is 35.6 Å². The van der Waals surface area contributed by atoms with E-state index in [-0.39, 0.29) is 29.5 Å². The van der Waals surface area contributed by atoms with Crippen molar-refractivity contribution in [3.8, 4) is 0 Å². The maximum absolute atomic E-state index is 13.2. The Kier molecular flexibility index (Phi) is 4.88. The van der Waals surface area contributed by atoms with Gasteiger partial charge in [0.25, 0.3) is 5.91 Å². The molecule has 1 amide bonds. The van der Waals surface area contributed by atoms with Crippen LogP contribution in [0.3, 0.4) is 0 Å². The molecular formula is C18H24N2O4S. The van der Waals surface area contributed by atoms with Crippen LogP contribution in [0.1, 0.15) is 42.3 Å². The van der Waals surface area contributed by atoms with Crippen LogP contribution in [0.25, 0.3) is 11.0 Å². The number of piperidine rings is 1. The molecule has 0 radical (unpaired) electrons. The van der Waals surface area contributed by atoms with Gasteiger partial charge < -0.3 is 15.1 Å². The summed E-state index contributed by atoms with van der Waals surface area (Å²) in [6.45, 7) is 2.51. The number of benzene rings is 1. The van der Waals surface area contributed by atoms with Gasteiger partial charge in [0.1, 0.15) is 5.58 Å². The van der Waals surface area contributed by atoms with Gasteiger partial charge in [0.05, 0.1) is 5.75 Å². The van der Waals surface area contributed by atoms with E-state index in [4.69, 9.17) is 10.2 Å². The van der Waals surface area contributed by atoms with Gasteiger partial charge in [-0.3, -0.25) is 4.79 Å². The highest BCUT2D eigenvalue weighted by Crippen LogP contribution is 2.30. The summed E-state index contributed by atoms with van der Waals surface area (Å²) < 4.78 is 29.6. The van der Waals surface area contributed by atoms with Crippen LogP contribution in [-0.2, 0) is 15.6 Å². The zero-order valence-corrected chi connectivity index (χ0v) is 15.4. The van der Waals surface area contributed by atoms with Crippen LogP contribution >= 0.6 is 0 Å². The number of furan rings is 1. The van der Waals surface area contributed by atoms with E-state index in [9.17, 15) is 13.2 Å². The van der Waals surface area contributed by atoms with Crippen molar-refractivity contribution in [1.82, 2.24) is 4.90 Å². The highest BCUT2D eigenvalue weighted by molar-refractivity contribution is 7.89. The van der Waals surface area contributed by atoms with Crippen LogP contribution in [0, 0.1) is 0 Å². The van der Waals surface area contributed by atoms with Gasteiger partial charge in [-0.1, -0.05) is 18.2 Å². The van der Waals surface area contributed by atoms with Crippen LogP contribution in [0.2, 0.25) is 0 Å². The molecule has 1 aliphatic rings. The maximum Gasteiger partial charge on any atom is 0.290 e. The van der Waals surface area contributed by atoms with Gasteiger partial charge in [-0.15, -0.1) is 0 Å². The lowest BCUT2D eigenvalue weighted by atomic mass is 9.96. The quantitative estimate of drug-likeness (QED) is 0.898. The summed E-state index contributed by atoms with van der Waals surface area (Å²) >= 11 is 0. The molecule has 0 bridgehead atoms. The number of sulfone groups is 1. The molecule has 7 heteroatoms. The molecule has 2 heterocycles. The first-order chi connectivity index (χ1) is 11.8. The van der Waals surface area contributed by atoms with E-state index in [0.717, 1.165) is 25.5 Å². The number of likely N-dealkylation sites (tertiary alicyclic amines) is 1. The number of nitrogens with zero attached hydrogens (tertiary/aromatic N) is 1. The average molecular weight is 364 g/mol. The van der Waals surface area contributed by atoms with Crippen LogP contribution in [-0.4, -0.2) is 44.1 Å². The van der Waals surface area contributed by atoms with Crippen molar-refractivity contribution in [3.63, 3.8) is 0 Å². The van der Waals surface area contributed by atoms with E-state index >= 15 is 0 Å². The number of fused-ring (bicyclic) bond motifs is 1. The van der Waals surface area contributed by atoms with Gasteiger partial charge in [-0.2, -0.15) is 0 Å². The molecule has 1 aromatic carbocycles. The lowest BCUT2D eigenvalue weighted by molar-refractivity contribution is 0.0553. The zero-order valence-electron chi connectivity index (χ0n) is 14.6. The molecule has 2 atom stereocenters. The third-order valence-electron chi connectivity index (χ3n) is 4.72. The Morgan fingerprint density at radius 3 is 2.76 bits per heavy atom. The smallest absolute Gasteiger partial charge is 0.290 e. The predicted octanol–water partition coefficient (Wildman–Crippen LogP) is 2.32. The number of hydrogen-bond donors (Lipinski definition) is 1. The molecule has 1 fully saturated rings. The fraction of sp³-hybridized carbons (Fsp3) is 0.500. The highest BCUT2D eigenvalue weighted by atomic mass is 32.2. The monoisotopic (exact) mass is 364 g/mol. The Morgan fingerprint density at radius 2 is 2.08 bits per heavy atom. The van der Waals surface area contributed by atoms with E-state index in [1.807, 2.05) is 13.0 Å². The largest absolute Gasteiger partial charge is 0.451 e. The summed E-state index contributed by atoms with van der Waals surface area (Å²) in [5.74, 6) is -0.363. The van der Waals surface area contributed by atoms with Gasteiger partial charge in [-0.05, 0) is 32.3 Å². The second kappa shape index (κ2) is 6.80. The van der Waals surface area contributed by atoms with Crippen molar-refractivity contribution in [1.29, 1.82) is 0 Å². The van der Waals surface area contributed by atoms with E-state index in [2.05, 4.69) is 0 Å². The third-order valence-corrected chi connectivity index (χ3v) is 5.53. The number of carbonyl (C=O) groups is 1. The maximum atomic E-state index is 13.2. The van der Waals surface area contributed by atoms with Crippen molar-refractivity contribution < 1.29 is 17.6 Å². The van der Waals surface area contributed by atoms with E-state index in [1.165, 1.54) is 0 Å². The first-order valence-corrected chi connectivity index (χ1v) is 10.6. The lowest BCUT2D eigenvalue weighted by Crippen LogP contribution is -2.51. The molecule has 2 N–H and O–H groups in total. The summed E-state index contributed by atoms with van der Waals surface area (Å²) in [4.78, 5) is 14.9. The summed E-state index contributed by atoms with van der Waals surface area (Å²) in [7, 11) is -3.31. The molecule has 0 saturated carbocycles. The molecule has 25 heavy (non-hydrogen) atoms. The molecule has 1 saturated heterocycles. The summed E-state index contributed by atoms with van der Waals surface area (Å²) in [5, 5.41) is 0.672. The number of amides is 1. The first kappa shape index (κ1) is 17.9. The van der Waals surface area contributed by atoms with Gasteiger partial charge in [0.2, 0.25) is 0 Å². The normalized spacial score (nSPS) is 20.0. The van der Waals surface area contributed by atoms with Gasteiger partial charge >= 0.3 is 0 Å². The molecular weight excluding hydrogens is 340 g/mol. The van der Waals surface area contributed by atoms with Crippen molar-refractivity contribution in [2.75, 3.05) is 12.8 Å². The third kappa shape index (κ3) is 3.72. The Labute approximate surface area is 147 Å². The van der Waals surface area contributed by atoms with Crippen LogP contribution < -0.4 is 5.73 Å². The number of hydrogen-bond acceptors (Lipinski definition) is 5. The van der Waals surface area contributed by atoms with E-state index in [0.29, 0.717) is 23.1 Å². The fourth-order valence-electron chi connectivity index (χ4n) is 3.56. The molecule has 1 aliphatic heterocycles. The second-order valence-electron chi connectivity index (χ2n) is 6.90. The average Bonchev–Trinajstić information content (AvgIpc) is 2.91. The van der Waals surface area contributed by atoms with Crippen LogP contribution in [0.5, 0.6) is 0 Å². The summed E-state index contributed by atoms with van der Waals surface area (Å²) in [6, 6.07) is 6.94. The Balaban J connectivity index is 2.07. The van der Waals surface area contributed by atoms with Crippen LogP contribution in [0.15, 0.2) is 28.7 Å². The fourth-order valence-corrected chi connectivity index (χ4v) is 4.37. The van der Waals surface area contributed by atoms with Crippen molar-refractivity contribution in [2.24, 2.45) is 5.73 Å². The minimum absolute atomic E-state index is 0.0551. The molecule has 0 unspecified atom stereocenters. The number of carbonyl (C=O) groups excluding carboxylic acids is 1. The standard InChI is InChI=1S/C18H24N2O4S/c1-12(19)15-8-5-6-10-20(15)18(21)17-14(11-25(2,22)23)13-7-3-4-9-16(13)24-17/h3-4,7,9,12,15H,5-6,8,10-11,19H2,1-2H3/t12-,15-/m0/s1. The summed E-state index contributed by atoms with van der Waals surface area (Å²) in [6.07, 6.45) is 3.96. The number of para-hydroxylation sites is 1. The second-order valence-corrected chi connectivity index (χ2v) is 9.04. The Bertz CT molecular complexity index is 886. The molecule has 3 rings (SSSR count). The molecule has 2 aromatic rings. The minimum atomic E-state index is -3.31. The van der Waals surface area contributed by atoms with Gasteiger partial charge in [0, 0.05) is 35.8 Å². The number of rotatable bonds is 4. The predicted molar refractivity (Wildman–Crippen MR) is 97.1 cm³/mol. The van der Waals surface area contributed by atoms with Gasteiger partial charge in [0.15, 0.2) is 15.6 Å². The lowest BCUT2D eigenvalue weighted by Gasteiger charge is -2.37. The molecule has 0 aliphatic carbocycles. The van der Waals surface area contributed by atoms with Gasteiger partial charge in [-0.25, -0.2) is 8.42 Å². The van der Waals surface area contributed by atoms with E-state index < -0.39 is 9.84 Å². The molecule has 1 aromatic heterocycles. The Hall–Kier alpha value is -1.86.